The van der Waals surface area contributed by atoms with Gasteiger partial charge in [0.1, 0.15) is 6.04 Å². The number of hydrogen-bond donors (Lipinski definition) is 2. The van der Waals surface area contributed by atoms with Crippen LogP contribution in [0, 0.1) is 13.8 Å². The summed E-state index contributed by atoms with van der Waals surface area (Å²) in [5.74, 6) is 0.116. The number of hydrogen-bond acceptors (Lipinski definition) is 2. The molecule has 1 fully saturated rings. The first kappa shape index (κ1) is 15.3. The lowest BCUT2D eigenvalue weighted by molar-refractivity contribution is -0.910. The molecule has 1 aromatic carbocycles. The van der Waals surface area contributed by atoms with Gasteiger partial charge in [0.2, 0.25) is 0 Å². The highest BCUT2D eigenvalue weighted by molar-refractivity contribution is 7.10. The lowest BCUT2D eigenvalue weighted by Crippen LogP contribution is -3.11. The molecular weight excluding hydrogens is 292 g/mol. The van der Waals surface area contributed by atoms with E-state index in [0.717, 1.165) is 17.8 Å². The van der Waals surface area contributed by atoms with Crippen molar-refractivity contribution in [3.05, 3.63) is 51.7 Å². The van der Waals surface area contributed by atoms with Crippen LogP contribution < -0.4 is 10.2 Å². The van der Waals surface area contributed by atoms with E-state index < -0.39 is 0 Å². The van der Waals surface area contributed by atoms with Crippen LogP contribution in [0.3, 0.4) is 0 Å². The van der Waals surface area contributed by atoms with Gasteiger partial charge in [-0.15, -0.1) is 11.3 Å². The van der Waals surface area contributed by atoms with E-state index in [2.05, 4.69) is 35.8 Å². The minimum atomic E-state index is 0.116. The van der Waals surface area contributed by atoms with Gasteiger partial charge >= 0.3 is 0 Å². The molecular formula is C18H23N2OS+. The predicted octanol–water partition coefficient (Wildman–Crippen LogP) is 2.72. The molecule has 1 aromatic heterocycles. The second kappa shape index (κ2) is 6.63. The molecule has 3 nitrogen and oxygen atoms in total. The maximum Gasteiger partial charge on any atom is 0.279 e. The second-order valence-corrected chi connectivity index (χ2v) is 7.14. The Morgan fingerprint density at radius 1 is 1.36 bits per heavy atom. The largest absolute Gasteiger partial charge is 0.321 e. The minimum absolute atomic E-state index is 0.116. The van der Waals surface area contributed by atoms with Crippen LogP contribution >= 0.6 is 11.3 Å². The molecule has 0 radical (unpaired) electrons. The van der Waals surface area contributed by atoms with Crippen LogP contribution in [0.25, 0.3) is 0 Å². The first-order valence-electron chi connectivity index (χ1n) is 7.88. The van der Waals surface area contributed by atoms with Crippen molar-refractivity contribution in [3.8, 4) is 0 Å². The summed E-state index contributed by atoms with van der Waals surface area (Å²) >= 11 is 1.81. The molecule has 2 heterocycles. The average molecular weight is 315 g/mol. The summed E-state index contributed by atoms with van der Waals surface area (Å²) in [7, 11) is 0. The van der Waals surface area contributed by atoms with Gasteiger partial charge in [-0.3, -0.25) is 4.79 Å². The van der Waals surface area contributed by atoms with E-state index >= 15 is 0 Å². The molecule has 1 amide bonds. The van der Waals surface area contributed by atoms with Gasteiger partial charge in [-0.25, -0.2) is 0 Å². The second-order valence-electron chi connectivity index (χ2n) is 6.16. The molecule has 0 spiro atoms. The number of quaternary nitrogens is 1. The number of anilines is 1. The molecule has 22 heavy (non-hydrogen) atoms. The number of rotatable bonds is 4. The fourth-order valence-electron chi connectivity index (χ4n) is 3.31. The lowest BCUT2D eigenvalue weighted by atomic mass is 10.1. The monoisotopic (exact) mass is 315 g/mol. The Labute approximate surface area is 136 Å². The van der Waals surface area contributed by atoms with Crippen molar-refractivity contribution in [1.29, 1.82) is 0 Å². The standard InChI is InChI=1S/C18H22N2OS/c1-13-7-8-15(14(2)11-13)19-18(21)12-20-9-3-5-16(20)17-6-4-10-22-17/h4,6-8,10-11,16H,3,5,9,12H2,1-2H3,(H,19,21)/p+1/t16-/m0/s1. The van der Waals surface area contributed by atoms with Gasteiger partial charge < -0.3 is 10.2 Å². The topological polar surface area (TPSA) is 33.5 Å². The molecule has 1 saturated heterocycles. The first-order valence-corrected chi connectivity index (χ1v) is 8.76. The van der Waals surface area contributed by atoms with Crippen molar-refractivity contribution in [2.45, 2.75) is 32.7 Å². The lowest BCUT2D eigenvalue weighted by Gasteiger charge is -2.20. The van der Waals surface area contributed by atoms with E-state index in [1.165, 1.54) is 28.2 Å². The van der Waals surface area contributed by atoms with Gasteiger partial charge in [-0.1, -0.05) is 23.8 Å². The molecule has 1 unspecified atom stereocenters. The molecule has 0 aliphatic carbocycles. The summed E-state index contributed by atoms with van der Waals surface area (Å²) < 4.78 is 0. The van der Waals surface area contributed by atoms with E-state index in [9.17, 15) is 4.79 Å². The predicted molar refractivity (Wildman–Crippen MR) is 91.5 cm³/mol. The van der Waals surface area contributed by atoms with Crippen LogP contribution in [0.2, 0.25) is 0 Å². The Bertz CT molecular complexity index is 651. The first-order chi connectivity index (χ1) is 10.6. The summed E-state index contributed by atoms with van der Waals surface area (Å²) in [6.45, 7) is 5.75. The third kappa shape index (κ3) is 3.39. The van der Waals surface area contributed by atoms with Gasteiger partial charge in [-0.05, 0) is 36.9 Å². The number of likely N-dealkylation sites (tertiary alicyclic amines) is 1. The highest BCUT2D eigenvalue weighted by Crippen LogP contribution is 2.23. The quantitative estimate of drug-likeness (QED) is 0.894. The zero-order valence-corrected chi connectivity index (χ0v) is 14.0. The molecule has 2 atom stereocenters. The fraction of sp³-hybridized carbons (Fsp3) is 0.389. The van der Waals surface area contributed by atoms with Crippen LogP contribution in [0.4, 0.5) is 5.69 Å². The summed E-state index contributed by atoms with van der Waals surface area (Å²) in [6.07, 6.45) is 2.39. The molecule has 0 saturated carbocycles. The van der Waals surface area contributed by atoms with Crippen molar-refractivity contribution in [2.75, 3.05) is 18.4 Å². The van der Waals surface area contributed by atoms with E-state index in [-0.39, 0.29) is 5.91 Å². The molecule has 1 aliphatic heterocycles. The van der Waals surface area contributed by atoms with E-state index in [1.54, 1.807) is 11.3 Å². The molecule has 0 bridgehead atoms. The van der Waals surface area contributed by atoms with Gasteiger partial charge in [0.15, 0.2) is 6.54 Å². The molecule has 2 aromatic rings. The molecule has 2 N–H and O–H groups in total. The average Bonchev–Trinajstić information content (AvgIpc) is 3.12. The smallest absolute Gasteiger partial charge is 0.279 e. The Balaban J connectivity index is 1.64. The molecule has 3 rings (SSSR count). The van der Waals surface area contributed by atoms with Crippen LogP contribution in [-0.2, 0) is 4.79 Å². The van der Waals surface area contributed by atoms with E-state index in [4.69, 9.17) is 0 Å². The van der Waals surface area contributed by atoms with Crippen molar-refractivity contribution in [1.82, 2.24) is 0 Å². The van der Waals surface area contributed by atoms with Crippen molar-refractivity contribution >= 4 is 22.9 Å². The van der Waals surface area contributed by atoms with Crippen molar-refractivity contribution < 1.29 is 9.69 Å². The van der Waals surface area contributed by atoms with Crippen molar-refractivity contribution in [2.24, 2.45) is 0 Å². The van der Waals surface area contributed by atoms with Crippen LogP contribution in [-0.4, -0.2) is 19.0 Å². The number of benzene rings is 1. The summed E-state index contributed by atoms with van der Waals surface area (Å²) in [5.41, 5.74) is 3.28. The maximum absolute atomic E-state index is 12.4. The highest BCUT2D eigenvalue weighted by Gasteiger charge is 2.32. The van der Waals surface area contributed by atoms with Crippen molar-refractivity contribution in [3.63, 3.8) is 0 Å². The zero-order chi connectivity index (χ0) is 15.5. The summed E-state index contributed by atoms with van der Waals surface area (Å²) in [6, 6.07) is 10.9. The number of aryl methyl sites for hydroxylation is 2. The summed E-state index contributed by atoms with van der Waals surface area (Å²) in [5, 5.41) is 5.20. The number of thiophene rings is 1. The normalized spacial score (nSPS) is 21.0. The van der Waals surface area contributed by atoms with Gasteiger partial charge in [0, 0.05) is 18.5 Å². The molecule has 1 aliphatic rings. The van der Waals surface area contributed by atoms with Gasteiger partial charge in [-0.2, -0.15) is 0 Å². The summed E-state index contributed by atoms with van der Waals surface area (Å²) in [4.78, 5) is 15.2. The van der Waals surface area contributed by atoms with Gasteiger partial charge in [0.25, 0.3) is 5.91 Å². The zero-order valence-electron chi connectivity index (χ0n) is 13.2. The number of nitrogens with one attached hydrogen (secondary N) is 2. The third-order valence-corrected chi connectivity index (χ3v) is 5.40. The molecule has 116 valence electrons. The molecule has 4 heteroatoms. The van der Waals surface area contributed by atoms with Crippen LogP contribution in [0.1, 0.15) is 34.9 Å². The fourth-order valence-corrected chi connectivity index (χ4v) is 4.23. The third-order valence-electron chi connectivity index (χ3n) is 4.41. The Hall–Kier alpha value is -1.65. The van der Waals surface area contributed by atoms with Crippen LogP contribution in [0.15, 0.2) is 35.7 Å². The Morgan fingerprint density at radius 2 is 2.23 bits per heavy atom. The van der Waals surface area contributed by atoms with Crippen LogP contribution in [0.5, 0.6) is 0 Å². The highest BCUT2D eigenvalue weighted by atomic mass is 32.1. The Kier molecular flexibility index (Phi) is 4.60. The number of carbonyl (C=O) groups excluding carboxylic acids is 1. The SMILES string of the molecule is Cc1ccc(NC(=O)C[NH+]2CCC[C@H]2c2cccs2)c(C)c1. The van der Waals surface area contributed by atoms with Gasteiger partial charge in [0.05, 0.1) is 11.4 Å². The number of amides is 1. The minimum Gasteiger partial charge on any atom is -0.321 e. The van der Waals surface area contributed by atoms with E-state index in [0.29, 0.717) is 12.6 Å². The number of carbonyl (C=O) groups is 1. The Morgan fingerprint density at radius 3 is 2.95 bits per heavy atom. The van der Waals surface area contributed by atoms with E-state index in [1.807, 2.05) is 19.1 Å². The maximum atomic E-state index is 12.4.